The van der Waals surface area contributed by atoms with Crippen molar-refractivity contribution >= 4 is 15.8 Å². The number of hydrogen-bond donors (Lipinski definition) is 1. The van der Waals surface area contributed by atoms with Crippen LogP contribution in [0.4, 0.5) is 5.82 Å². The van der Waals surface area contributed by atoms with Gasteiger partial charge in [-0.25, -0.2) is 17.7 Å². The third-order valence-corrected chi connectivity index (χ3v) is 4.78. The average molecular weight is 306 g/mol. The molecule has 1 N–H and O–H groups in total. The van der Waals surface area contributed by atoms with Crippen molar-refractivity contribution in [1.82, 2.24) is 14.3 Å². The summed E-state index contributed by atoms with van der Waals surface area (Å²) in [6.45, 7) is 0.719. The molecule has 2 aromatic rings. The lowest BCUT2D eigenvalue weighted by Crippen LogP contribution is -2.22. The highest BCUT2D eigenvalue weighted by Crippen LogP contribution is 2.13. The molecule has 2 aromatic heterocycles. The van der Waals surface area contributed by atoms with Gasteiger partial charge < -0.3 is 5.32 Å². The zero-order valence-corrected chi connectivity index (χ0v) is 12.8. The van der Waals surface area contributed by atoms with Gasteiger partial charge in [0.25, 0.3) is 0 Å². The first-order valence-electron chi connectivity index (χ1n) is 6.51. The minimum atomic E-state index is -3.42. The summed E-state index contributed by atoms with van der Waals surface area (Å²) in [6.07, 6.45) is 5.73. The van der Waals surface area contributed by atoms with E-state index in [1.165, 1.54) is 30.2 Å². The van der Waals surface area contributed by atoms with Gasteiger partial charge in [-0.05, 0) is 36.2 Å². The number of anilines is 1. The smallest absolute Gasteiger partial charge is 0.244 e. The Balaban J connectivity index is 1.94. The van der Waals surface area contributed by atoms with Crippen LogP contribution in [0.1, 0.15) is 5.56 Å². The molecule has 7 heteroatoms. The van der Waals surface area contributed by atoms with E-state index in [9.17, 15) is 8.42 Å². The predicted molar refractivity (Wildman–Crippen MR) is 81.5 cm³/mol. The zero-order valence-electron chi connectivity index (χ0n) is 12.0. The van der Waals surface area contributed by atoms with Crippen LogP contribution < -0.4 is 5.32 Å². The molecule has 2 rings (SSSR count). The molecular weight excluding hydrogens is 288 g/mol. The van der Waals surface area contributed by atoms with E-state index in [2.05, 4.69) is 15.3 Å². The van der Waals surface area contributed by atoms with Gasteiger partial charge in [0.1, 0.15) is 10.7 Å². The normalized spacial score (nSPS) is 11.6. The Morgan fingerprint density at radius 1 is 1.14 bits per heavy atom. The van der Waals surface area contributed by atoms with Crippen LogP contribution in [0.15, 0.2) is 47.8 Å². The topological polar surface area (TPSA) is 75.2 Å². The molecule has 0 atom stereocenters. The van der Waals surface area contributed by atoms with Gasteiger partial charge in [-0.15, -0.1) is 0 Å². The highest BCUT2D eigenvalue weighted by Gasteiger charge is 2.17. The molecule has 0 aliphatic heterocycles. The van der Waals surface area contributed by atoms with Gasteiger partial charge in [0, 0.05) is 39.2 Å². The van der Waals surface area contributed by atoms with Gasteiger partial charge in [-0.3, -0.25) is 4.98 Å². The molecule has 112 valence electrons. The maximum Gasteiger partial charge on any atom is 0.244 e. The van der Waals surface area contributed by atoms with Gasteiger partial charge in [0.05, 0.1) is 0 Å². The first-order valence-corrected chi connectivity index (χ1v) is 7.95. The predicted octanol–water partition coefficient (Wildman–Crippen LogP) is 1.38. The first kappa shape index (κ1) is 15.4. The van der Waals surface area contributed by atoms with Crippen LogP contribution >= 0.6 is 0 Å². The van der Waals surface area contributed by atoms with Gasteiger partial charge in [0.2, 0.25) is 10.0 Å². The fourth-order valence-corrected chi connectivity index (χ4v) is 2.58. The molecule has 0 aliphatic carbocycles. The zero-order chi connectivity index (χ0) is 15.3. The van der Waals surface area contributed by atoms with Crippen LogP contribution in [0.25, 0.3) is 0 Å². The first-order chi connectivity index (χ1) is 10.00. The Morgan fingerprint density at radius 2 is 1.86 bits per heavy atom. The van der Waals surface area contributed by atoms with Crippen molar-refractivity contribution in [2.24, 2.45) is 0 Å². The lowest BCUT2D eigenvalue weighted by atomic mass is 10.2. The molecule has 0 saturated heterocycles. The number of nitrogens with zero attached hydrogens (tertiary/aromatic N) is 3. The lowest BCUT2D eigenvalue weighted by Gasteiger charge is -2.11. The summed E-state index contributed by atoms with van der Waals surface area (Å²) >= 11 is 0. The summed E-state index contributed by atoms with van der Waals surface area (Å²) in [4.78, 5) is 8.28. The Hall–Kier alpha value is -1.99. The number of hydrogen-bond acceptors (Lipinski definition) is 5. The molecule has 0 spiro atoms. The quantitative estimate of drug-likeness (QED) is 0.872. The van der Waals surface area contributed by atoms with Gasteiger partial charge in [-0.2, -0.15) is 0 Å². The van der Waals surface area contributed by atoms with E-state index in [1.54, 1.807) is 24.5 Å². The van der Waals surface area contributed by atoms with Crippen molar-refractivity contribution in [3.05, 3.63) is 48.4 Å². The Bertz CT molecular complexity index is 670. The summed E-state index contributed by atoms with van der Waals surface area (Å²) in [5, 5.41) is 3.16. The highest BCUT2D eigenvalue weighted by atomic mass is 32.2. The van der Waals surface area contributed by atoms with E-state index in [1.807, 2.05) is 12.1 Å². The summed E-state index contributed by atoms with van der Waals surface area (Å²) < 4.78 is 25.0. The molecular formula is C14H18N4O2S. The van der Waals surface area contributed by atoms with Crippen molar-refractivity contribution in [1.29, 1.82) is 0 Å². The molecule has 0 saturated carbocycles. The highest BCUT2D eigenvalue weighted by molar-refractivity contribution is 7.89. The fourth-order valence-electron chi connectivity index (χ4n) is 1.73. The molecule has 2 heterocycles. The fraction of sp³-hybridized carbons (Fsp3) is 0.286. The summed E-state index contributed by atoms with van der Waals surface area (Å²) in [7, 11) is -0.429. The summed E-state index contributed by atoms with van der Waals surface area (Å²) in [5.41, 5.74) is 1.18. The maximum absolute atomic E-state index is 11.9. The van der Waals surface area contributed by atoms with Crippen molar-refractivity contribution in [2.45, 2.75) is 11.3 Å². The summed E-state index contributed by atoms with van der Waals surface area (Å²) in [5.74, 6) is 0.654. The van der Waals surface area contributed by atoms with Crippen molar-refractivity contribution in [2.75, 3.05) is 26.0 Å². The second kappa shape index (κ2) is 6.64. The number of sulfonamides is 1. The standard InChI is InChI=1S/C14H18N4O2S/c1-18(2)21(19,20)13-3-4-14(17-11-13)16-10-7-12-5-8-15-9-6-12/h3-6,8-9,11H,7,10H2,1-2H3,(H,16,17). The second-order valence-electron chi connectivity index (χ2n) is 4.70. The molecule has 0 unspecified atom stereocenters. The van der Waals surface area contributed by atoms with Gasteiger partial charge >= 0.3 is 0 Å². The van der Waals surface area contributed by atoms with Crippen molar-refractivity contribution in [3.63, 3.8) is 0 Å². The number of pyridine rings is 2. The largest absolute Gasteiger partial charge is 0.370 e. The second-order valence-corrected chi connectivity index (χ2v) is 6.85. The van der Waals surface area contributed by atoms with E-state index in [0.717, 1.165) is 13.0 Å². The monoisotopic (exact) mass is 306 g/mol. The van der Waals surface area contributed by atoms with Gasteiger partial charge in [-0.1, -0.05) is 0 Å². The average Bonchev–Trinajstić information content (AvgIpc) is 2.49. The van der Waals surface area contributed by atoms with Crippen molar-refractivity contribution in [3.8, 4) is 0 Å². The molecule has 0 amide bonds. The minimum absolute atomic E-state index is 0.187. The Morgan fingerprint density at radius 3 is 2.43 bits per heavy atom. The maximum atomic E-state index is 11.9. The molecule has 0 aromatic carbocycles. The van der Waals surface area contributed by atoms with E-state index < -0.39 is 10.0 Å². The molecule has 21 heavy (non-hydrogen) atoms. The van der Waals surface area contributed by atoms with E-state index in [0.29, 0.717) is 5.82 Å². The number of rotatable bonds is 6. The third kappa shape index (κ3) is 3.99. The molecule has 0 radical (unpaired) electrons. The molecule has 0 fully saturated rings. The SMILES string of the molecule is CN(C)S(=O)(=O)c1ccc(NCCc2ccncc2)nc1. The Labute approximate surface area is 124 Å². The number of aromatic nitrogens is 2. The Kier molecular flexibility index (Phi) is 4.87. The molecule has 6 nitrogen and oxygen atoms in total. The minimum Gasteiger partial charge on any atom is -0.370 e. The summed E-state index contributed by atoms with van der Waals surface area (Å²) in [6, 6.07) is 7.14. The van der Waals surface area contributed by atoms with E-state index in [4.69, 9.17) is 0 Å². The van der Waals surface area contributed by atoms with E-state index >= 15 is 0 Å². The molecule has 0 aliphatic rings. The van der Waals surface area contributed by atoms with Crippen LogP contribution in [0.3, 0.4) is 0 Å². The van der Waals surface area contributed by atoms with Crippen LogP contribution in [0.2, 0.25) is 0 Å². The van der Waals surface area contributed by atoms with Crippen LogP contribution in [0, 0.1) is 0 Å². The van der Waals surface area contributed by atoms with Crippen LogP contribution in [0.5, 0.6) is 0 Å². The number of nitrogens with one attached hydrogen (secondary N) is 1. The van der Waals surface area contributed by atoms with Crippen LogP contribution in [-0.2, 0) is 16.4 Å². The van der Waals surface area contributed by atoms with Crippen molar-refractivity contribution < 1.29 is 8.42 Å². The lowest BCUT2D eigenvalue weighted by molar-refractivity contribution is 0.520. The third-order valence-electron chi connectivity index (χ3n) is 2.98. The van der Waals surface area contributed by atoms with Crippen LogP contribution in [-0.4, -0.2) is 43.3 Å². The molecule has 0 bridgehead atoms. The van der Waals surface area contributed by atoms with E-state index in [-0.39, 0.29) is 4.90 Å². The van der Waals surface area contributed by atoms with Gasteiger partial charge in [0.15, 0.2) is 0 Å².